The highest BCUT2D eigenvalue weighted by atomic mass is 32.2. The summed E-state index contributed by atoms with van der Waals surface area (Å²) in [4.78, 5) is 38.0. The van der Waals surface area contributed by atoms with Crippen molar-refractivity contribution in [1.82, 2.24) is 4.90 Å². The Labute approximate surface area is 173 Å². The average molecular weight is 415 g/mol. The van der Waals surface area contributed by atoms with Gasteiger partial charge in [0, 0.05) is 24.7 Å². The summed E-state index contributed by atoms with van der Waals surface area (Å²) in [6.45, 7) is 2.81. The molecule has 0 aromatic heterocycles. The number of aliphatic hydroxyl groups is 1. The number of carbonyl (C=O) groups excluding carboxylic acids is 3. The summed E-state index contributed by atoms with van der Waals surface area (Å²) in [5.74, 6) is 3.93. The number of fused-ring (bicyclic) bond motifs is 1. The number of carbonyl (C=O) groups is 3. The predicted octanol–water partition coefficient (Wildman–Crippen LogP) is 1.61. The van der Waals surface area contributed by atoms with Gasteiger partial charge in [0.05, 0.1) is 0 Å². The van der Waals surface area contributed by atoms with Gasteiger partial charge in [0.1, 0.15) is 24.3 Å². The van der Waals surface area contributed by atoms with Gasteiger partial charge < -0.3 is 14.6 Å². The van der Waals surface area contributed by atoms with Gasteiger partial charge in [-0.2, -0.15) is 0 Å². The zero-order valence-electron chi connectivity index (χ0n) is 16.1. The third kappa shape index (κ3) is 4.16. The Morgan fingerprint density at radius 3 is 2.66 bits per heavy atom. The number of hydrogen-bond acceptors (Lipinski definition) is 7. The number of amides is 1. The third-order valence-corrected chi connectivity index (χ3v) is 6.05. The minimum atomic E-state index is -1.65. The molecule has 0 saturated carbocycles. The maximum atomic E-state index is 12.9. The fraction of sp³-hybridized carbons (Fsp3) is 0.381. The minimum Gasteiger partial charge on any atom is -0.461 e. The summed E-state index contributed by atoms with van der Waals surface area (Å²) in [6.07, 6.45) is -0.0118. The fourth-order valence-corrected chi connectivity index (χ4v) is 4.53. The summed E-state index contributed by atoms with van der Waals surface area (Å²) >= 11 is 1.30. The van der Waals surface area contributed by atoms with Gasteiger partial charge in [0.2, 0.25) is 0 Å². The number of β-lactam (4-membered cyclic amide) rings is 1. The highest BCUT2D eigenvalue weighted by Crippen LogP contribution is 2.47. The molecule has 0 aliphatic carbocycles. The molecule has 1 aromatic rings. The summed E-state index contributed by atoms with van der Waals surface area (Å²) in [5.41, 5.74) is -0.345. The topological polar surface area (TPSA) is 93.1 Å². The molecule has 2 atom stereocenters. The van der Waals surface area contributed by atoms with Crippen molar-refractivity contribution in [3.05, 3.63) is 47.2 Å². The quantitative estimate of drug-likeness (QED) is 0.429. The third-order valence-electron chi connectivity index (χ3n) is 4.61. The number of benzene rings is 1. The normalized spacial score (nSPS) is 22.8. The molecule has 0 radical (unpaired) electrons. The molecule has 0 unspecified atom stereocenters. The van der Waals surface area contributed by atoms with Crippen LogP contribution in [0.15, 0.2) is 41.6 Å². The van der Waals surface area contributed by atoms with Crippen molar-refractivity contribution in [3.63, 3.8) is 0 Å². The van der Waals surface area contributed by atoms with E-state index in [1.807, 2.05) is 30.3 Å². The van der Waals surface area contributed by atoms with Crippen LogP contribution in [0.1, 0.15) is 25.8 Å². The van der Waals surface area contributed by atoms with Gasteiger partial charge in [0.15, 0.2) is 5.60 Å². The number of esters is 2. The maximum absolute atomic E-state index is 12.9. The van der Waals surface area contributed by atoms with Gasteiger partial charge in [-0.25, -0.2) is 4.79 Å². The summed E-state index contributed by atoms with van der Waals surface area (Å²) < 4.78 is 10.4. The zero-order valence-corrected chi connectivity index (χ0v) is 17.0. The van der Waals surface area contributed by atoms with Crippen molar-refractivity contribution in [2.45, 2.75) is 37.9 Å². The molecule has 1 amide bonds. The zero-order chi connectivity index (χ0) is 21.0. The second kappa shape index (κ2) is 8.72. The lowest BCUT2D eigenvalue weighted by atomic mass is 9.87. The van der Waals surface area contributed by atoms with Crippen LogP contribution in [0, 0.1) is 11.8 Å². The van der Waals surface area contributed by atoms with E-state index < -0.39 is 28.8 Å². The van der Waals surface area contributed by atoms with E-state index in [1.54, 1.807) is 6.92 Å². The van der Waals surface area contributed by atoms with Crippen LogP contribution in [0.5, 0.6) is 0 Å². The van der Waals surface area contributed by atoms with Crippen LogP contribution in [-0.2, 0) is 30.5 Å². The number of hydrogen-bond donors (Lipinski definition) is 1. The number of rotatable bonds is 6. The van der Waals surface area contributed by atoms with Crippen molar-refractivity contribution in [1.29, 1.82) is 0 Å². The lowest BCUT2D eigenvalue weighted by molar-refractivity contribution is -0.178. The smallest absolute Gasteiger partial charge is 0.355 e. The molecular formula is C21H21NO6S. The van der Waals surface area contributed by atoms with Crippen LogP contribution >= 0.6 is 11.8 Å². The van der Waals surface area contributed by atoms with Gasteiger partial charge in [-0.3, -0.25) is 14.5 Å². The molecule has 1 saturated heterocycles. The summed E-state index contributed by atoms with van der Waals surface area (Å²) in [6, 6.07) is 9.15. The summed E-state index contributed by atoms with van der Waals surface area (Å²) in [5, 5.41) is 10.1. The van der Waals surface area contributed by atoms with Crippen molar-refractivity contribution < 1.29 is 29.0 Å². The maximum Gasteiger partial charge on any atom is 0.355 e. The van der Waals surface area contributed by atoms with Crippen molar-refractivity contribution in [2.75, 3.05) is 12.4 Å². The Bertz CT molecular complexity index is 916. The van der Waals surface area contributed by atoms with Gasteiger partial charge >= 0.3 is 11.9 Å². The first-order valence-electron chi connectivity index (χ1n) is 9.02. The average Bonchev–Trinajstić information content (AvgIpc) is 2.73. The lowest BCUT2D eigenvalue weighted by Gasteiger charge is -2.54. The van der Waals surface area contributed by atoms with Crippen LogP contribution in [-0.4, -0.2) is 51.2 Å². The van der Waals surface area contributed by atoms with E-state index in [1.165, 1.54) is 23.6 Å². The summed E-state index contributed by atoms with van der Waals surface area (Å²) in [7, 11) is 0. The van der Waals surface area contributed by atoms with Gasteiger partial charge in [-0.05, 0) is 12.5 Å². The van der Waals surface area contributed by atoms with Gasteiger partial charge in [-0.15, -0.1) is 17.7 Å². The van der Waals surface area contributed by atoms with Crippen molar-refractivity contribution in [3.8, 4) is 11.8 Å². The van der Waals surface area contributed by atoms with Crippen LogP contribution in [0.3, 0.4) is 0 Å². The van der Waals surface area contributed by atoms with E-state index in [2.05, 4.69) is 11.8 Å². The van der Waals surface area contributed by atoms with Crippen molar-refractivity contribution >= 4 is 29.6 Å². The Morgan fingerprint density at radius 2 is 2.00 bits per heavy atom. The molecule has 7 nitrogen and oxygen atoms in total. The second-order valence-corrected chi connectivity index (χ2v) is 7.73. The Morgan fingerprint density at radius 1 is 1.28 bits per heavy atom. The molecule has 0 spiro atoms. The number of ether oxygens (including phenoxy) is 2. The SMILES string of the molecule is CC#CC[C@@]1(O)C(=O)N2C(C(=O)OCc3ccccc3)=C(COC(C)=O)CS[C@@H]21. The molecule has 3 rings (SSSR count). The largest absolute Gasteiger partial charge is 0.461 e. The minimum absolute atomic E-state index is 0.0118. The first-order valence-corrected chi connectivity index (χ1v) is 10.1. The molecule has 1 N–H and O–H groups in total. The monoisotopic (exact) mass is 415 g/mol. The lowest BCUT2D eigenvalue weighted by Crippen LogP contribution is -2.73. The van der Waals surface area contributed by atoms with Gasteiger partial charge in [-0.1, -0.05) is 36.3 Å². The molecule has 29 heavy (non-hydrogen) atoms. The molecule has 0 bridgehead atoms. The molecule has 2 heterocycles. The predicted molar refractivity (Wildman–Crippen MR) is 106 cm³/mol. The fourth-order valence-electron chi connectivity index (χ4n) is 3.14. The first kappa shape index (κ1) is 21.0. The second-order valence-electron chi connectivity index (χ2n) is 6.66. The van der Waals surface area contributed by atoms with E-state index in [9.17, 15) is 19.5 Å². The number of nitrogens with zero attached hydrogens (tertiary/aromatic N) is 1. The molecular weight excluding hydrogens is 394 g/mol. The van der Waals surface area contributed by atoms with Crippen LogP contribution < -0.4 is 0 Å². The highest BCUT2D eigenvalue weighted by molar-refractivity contribution is 8.00. The van der Waals surface area contributed by atoms with Crippen LogP contribution in [0.2, 0.25) is 0 Å². The number of thioether (sulfide) groups is 1. The van der Waals surface area contributed by atoms with Crippen molar-refractivity contribution in [2.24, 2.45) is 0 Å². The molecule has 152 valence electrons. The standard InChI is InChI=1S/C21H21NO6S/c1-3-4-10-21(26)19(25)22-17(16(12-27-14(2)23)13-29-20(21)22)18(24)28-11-15-8-6-5-7-9-15/h5-9,20,26H,10-13H2,1-2H3/t20-,21-/m1/s1. The van der Waals surface area contributed by atoms with Crippen LogP contribution in [0.25, 0.3) is 0 Å². The van der Waals surface area contributed by atoms with Crippen LogP contribution in [0.4, 0.5) is 0 Å². The molecule has 1 fully saturated rings. The van der Waals surface area contributed by atoms with E-state index in [-0.39, 0.29) is 25.3 Å². The Balaban J connectivity index is 1.84. The Hall–Kier alpha value is -2.76. The first-order chi connectivity index (χ1) is 13.9. The van der Waals surface area contributed by atoms with Gasteiger partial charge in [0.25, 0.3) is 5.91 Å². The van der Waals surface area contributed by atoms with E-state index in [0.29, 0.717) is 11.3 Å². The molecule has 8 heteroatoms. The Kier molecular flexibility index (Phi) is 6.30. The molecule has 1 aromatic carbocycles. The van der Waals surface area contributed by atoms with E-state index in [0.717, 1.165) is 5.56 Å². The molecule has 2 aliphatic heterocycles. The molecule has 2 aliphatic rings. The van der Waals surface area contributed by atoms with E-state index >= 15 is 0 Å². The highest BCUT2D eigenvalue weighted by Gasteiger charge is 2.63. The van der Waals surface area contributed by atoms with E-state index in [4.69, 9.17) is 9.47 Å².